The Morgan fingerprint density at radius 2 is 2.19 bits per heavy atom. The van der Waals surface area contributed by atoms with E-state index in [1.807, 2.05) is 18.2 Å². The molecule has 1 aliphatic carbocycles. The molecule has 1 saturated carbocycles. The summed E-state index contributed by atoms with van der Waals surface area (Å²) in [7, 11) is 0. The summed E-state index contributed by atoms with van der Waals surface area (Å²) in [6.07, 6.45) is 7.09. The Bertz CT molecular complexity index is 469. The Hall–Kier alpha value is -0.580. The first-order valence-electron chi connectivity index (χ1n) is 7.69. The minimum atomic E-state index is -0.0569. The lowest BCUT2D eigenvalue weighted by molar-refractivity contribution is 0.0935. The molecule has 1 fully saturated rings. The van der Waals surface area contributed by atoms with Crippen LogP contribution in [-0.4, -0.2) is 11.0 Å². The number of nitrogens with one attached hydrogen (secondary N) is 1. The topological polar surface area (TPSA) is 47.3 Å². The van der Waals surface area contributed by atoms with E-state index in [-0.39, 0.29) is 23.4 Å². The number of halogens is 1. The van der Waals surface area contributed by atoms with E-state index >= 15 is 0 Å². The molecule has 2 aliphatic rings. The third-order valence-electron chi connectivity index (χ3n) is 4.61. The number of benzene rings is 1. The molecule has 0 spiro atoms. The maximum Gasteiger partial charge on any atom is 0.167 e. The van der Waals surface area contributed by atoms with Gasteiger partial charge in [-0.2, -0.15) is 0 Å². The zero-order chi connectivity index (χ0) is 14.0. The lowest BCUT2D eigenvalue weighted by Gasteiger charge is -2.45. The largest absolute Gasteiger partial charge is 0.475 e. The lowest BCUT2D eigenvalue weighted by Crippen LogP contribution is -2.54. The summed E-state index contributed by atoms with van der Waals surface area (Å²) in [6, 6.07) is 8.15. The summed E-state index contributed by atoms with van der Waals surface area (Å²) in [4.78, 5) is 0. The SMILES string of the molecule is CCCC1(N)CCCCC1C1Oc2ccccc2NS1.Cl. The molecule has 118 valence electrons. The van der Waals surface area contributed by atoms with Crippen molar-refractivity contribution in [1.82, 2.24) is 0 Å². The molecule has 3 atom stereocenters. The number of hydrogen-bond acceptors (Lipinski definition) is 4. The van der Waals surface area contributed by atoms with Crippen LogP contribution in [0.3, 0.4) is 0 Å². The molecule has 0 amide bonds. The molecule has 3 N–H and O–H groups in total. The van der Waals surface area contributed by atoms with Crippen LogP contribution in [0.25, 0.3) is 0 Å². The van der Waals surface area contributed by atoms with E-state index in [4.69, 9.17) is 10.5 Å². The van der Waals surface area contributed by atoms with Crippen LogP contribution in [0.15, 0.2) is 24.3 Å². The third kappa shape index (κ3) is 3.43. The number of rotatable bonds is 3. The lowest BCUT2D eigenvalue weighted by atomic mass is 9.71. The molecule has 1 aliphatic heterocycles. The van der Waals surface area contributed by atoms with Gasteiger partial charge in [0.15, 0.2) is 5.44 Å². The van der Waals surface area contributed by atoms with Crippen LogP contribution in [0.5, 0.6) is 5.75 Å². The van der Waals surface area contributed by atoms with Gasteiger partial charge in [-0.25, -0.2) is 0 Å². The van der Waals surface area contributed by atoms with Gasteiger partial charge in [0.2, 0.25) is 0 Å². The van der Waals surface area contributed by atoms with Gasteiger partial charge in [-0.3, -0.25) is 0 Å². The van der Waals surface area contributed by atoms with Gasteiger partial charge in [-0.05, 0) is 43.3 Å². The molecular weight excluding hydrogens is 304 g/mol. The number of ether oxygens (including phenoxy) is 1. The molecule has 0 radical (unpaired) electrons. The normalized spacial score (nSPS) is 31.3. The molecule has 1 heterocycles. The Balaban J connectivity index is 0.00000161. The van der Waals surface area contributed by atoms with Crippen molar-refractivity contribution >= 4 is 30.0 Å². The van der Waals surface area contributed by atoms with Crippen LogP contribution in [0.1, 0.15) is 45.4 Å². The van der Waals surface area contributed by atoms with Crippen LogP contribution in [0.4, 0.5) is 5.69 Å². The van der Waals surface area contributed by atoms with Crippen molar-refractivity contribution in [2.24, 2.45) is 11.7 Å². The Kier molecular flexibility index (Phi) is 5.69. The van der Waals surface area contributed by atoms with Gasteiger partial charge in [-0.15, -0.1) is 12.4 Å². The highest BCUT2D eigenvalue weighted by Gasteiger charge is 2.43. The summed E-state index contributed by atoms with van der Waals surface area (Å²) in [5.74, 6) is 1.39. The van der Waals surface area contributed by atoms with E-state index in [0.29, 0.717) is 5.92 Å². The van der Waals surface area contributed by atoms with Crippen molar-refractivity contribution in [3.63, 3.8) is 0 Å². The average Bonchev–Trinajstić information content (AvgIpc) is 2.47. The van der Waals surface area contributed by atoms with E-state index in [1.54, 1.807) is 11.9 Å². The first kappa shape index (κ1) is 16.8. The van der Waals surface area contributed by atoms with Crippen LogP contribution < -0.4 is 15.2 Å². The molecule has 3 unspecified atom stereocenters. The quantitative estimate of drug-likeness (QED) is 0.798. The van der Waals surface area contributed by atoms with Crippen LogP contribution >= 0.6 is 24.4 Å². The van der Waals surface area contributed by atoms with Gasteiger partial charge < -0.3 is 15.2 Å². The van der Waals surface area contributed by atoms with Crippen LogP contribution in [0.2, 0.25) is 0 Å². The summed E-state index contributed by atoms with van der Waals surface area (Å²) in [5, 5.41) is 0. The van der Waals surface area contributed by atoms with Gasteiger partial charge in [0.25, 0.3) is 0 Å². The first-order chi connectivity index (χ1) is 9.73. The maximum atomic E-state index is 6.74. The van der Waals surface area contributed by atoms with Crippen molar-refractivity contribution in [3.8, 4) is 5.75 Å². The van der Waals surface area contributed by atoms with Crippen molar-refractivity contribution in [1.29, 1.82) is 0 Å². The van der Waals surface area contributed by atoms with Gasteiger partial charge >= 0.3 is 0 Å². The smallest absolute Gasteiger partial charge is 0.167 e. The second kappa shape index (κ2) is 7.12. The number of para-hydroxylation sites is 2. The van der Waals surface area contributed by atoms with Crippen molar-refractivity contribution < 1.29 is 4.74 Å². The molecule has 0 saturated heterocycles. The van der Waals surface area contributed by atoms with Gasteiger partial charge in [-0.1, -0.05) is 38.3 Å². The third-order valence-corrected chi connectivity index (χ3v) is 5.60. The Labute approximate surface area is 137 Å². The van der Waals surface area contributed by atoms with Crippen LogP contribution in [0, 0.1) is 5.92 Å². The molecule has 1 aromatic carbocycles. The first-order valence-corrected chi connectivity index (χ1v) is 8.57. The minimum Gasteiger partial charge on any atom is -0.475 e. The van der Waals surface area contributed by atoms with Gasteiger partial charge in [0.05, 0.1) is 5.69 Å². The van der Waals surface area contributed by atoms with E-state index in [9.17, 15) is 0 Å². The Morgan fingerprint density at radius 1 is 1.38 bits per heavy atom. The summed E-state index contributed by atoms with van der Waals surface area (Å²) < 4.78 is 9.66. The Morgan fingerprint density at radius 3 is 3.00 bits per heavy atom. The zero-order valence-corrected chi connectivity index (χ0v) is 14.1. The van der Waals surface area contributed by atoms with Gasteiger partial charge in [0, 0.05) is 11.5 Å². The summed E-state index contributed by atoms with van der Waals surface area (Å²) >= 11 is 1.69. The fraction of sp³-hybridized carbons (Fsp3) is 0.625. The maximum absolute atomic E-state index is 6.74. The predicted octanol–water partition coefficient (Wildman–Crippen LogP) is 4.57. The van der Waals surface area contributed by atoms with E-state index < -0.39 is 0 Å². The minimum absolute atomic E-state index is 0. The number of nitrogens with two attached hydrogens (primary N) is 1. The van der Waals surface area contributed by atoms with E-state index in [1.165, 1.54) is 19.3 Å². The predicted molar refractivity (Wildman–Crippen MR) is 93.1 cm³/mol. The molecule has 21 heavy (non-hydrogen) atoms. The zero-order valence-electron chi connectivity index (χ0n) is 12.5. The highest BCUT2D eigenvalue weighted by Crippen LogP contribution is 2.45. The van der Waals surface area contributed by atoms with Crippen LogP contribution in [-0.2, 0) is 0 Å². The highest BCUT2D eigenvalue weighted by molar-refractivity contribution is 8.01. The van der Waals surface area contributed by atoms with E-state index in [2.05, 4.69) is 17.7 Å². The molecule has 3 rings (SSSR count). The standard InChI is InChI=1S/C16H24N2OS.ClH/c1-2-10-16(17)11-6-5-7-12(16)15-19-14-9-4-3-8-13(14)18-20-15;/h3-4,8-9,12,15,18H,2,5-7,10-11,17H2,1H3;1H. The van der Waals surface area contributed by atoms with Crippen molar-refractivity contribution in [2.75, 3.05) is 4.72 Å². The molecule has 0 bridgehead atoms. The molecule has 1 aromatic rings. The summed E-state index contributed by atoms with van der Waals surface area (Å²) in [6.45, 7) is 2.22. The van der Waals surface area contributed by atoms with Crippen molar-refractivity contribution in [2.45, 2.75) is 56.4 Å². The van der Waals surface area contributed by atoms with Gasteiger partial charge in [0.1, 0.15) is 5.75 Å². The second-order valence-electron chi connectivity index (χ2n) is 6.04. The van der Waals surface area contributed by atoms with E-state index in [0.717, 1.165) is 30.7 Å². The molecule has 5 heteroatoms. The molecule has 3 nitrogen and oxygen atoms in total. The fourth-order valence-corrected chi connectivity index (χ4v) is 4.70. The molecule has 0 aromatic heterocycles. The number of anilines is 1. The average molecular weight is 329 g/mol. The monoisotopic (exact) mass is 328 g/mol. The van der Waals surface area contributed by atoms with Crippen molar-refractivity contribution in [3.05, 3.63) is 24.3 Å². The number of hydrogen-bond donors (Lipinski definition) is 2. The summed E-state index contributed by atoms with van der Waals surface area (Å²) in [5.41, 5.74) is 7.89. The second-order valence-corrected chi connectivity index (χ2v) is 6.94. The number of fused-ring (bicyclic) bond motifs is 1. The fourth-order valence-electron chi connectivity index (χ4n) is 3.56. The highest BCUT2D eigenvalue weighted by atomic mass is 35.5. The molecular formula is C16H25ClN2OS.